The molecule has 18 heavy (non-hydrogen) atoms. The van der Waals surface area contributed by atoms with Gasteiger partial charge in [-0.3, -0.25) is 9.69 Å². The first-order chi connectivity index (χ1) is 8.61. The fourth-order valence-corrected chi connectivity index (χ4v) is 2.82. The lowest BCUT2D eigenvalue weighted by Crippen LogP contribution is -2.43. The number of carbonyl (C=O) groups excluding carboxylic acids is 1. The summed E-state index contributed by atoms with van der Waals surface area (Å²) in [6.07, 6.45) is 1.01. The van der Waals surface area contributed by atoms with Crippen LogP contribution in [0.1, 0.15) is 19.4 Å². The van der Waals surface area contributed by atoms with E-state index in [-0.39, 0.29) is 11.4 Å². The molecule has 1 aliphatic heterocycles. The number of anilines is 1. The van der Waals surface area contributed by atoms with Gasteiger partial charge in [0.2, 0.25) is 5.91 Å². The van der Waals surface area contributed by atoms with Gasteiger partial charge in [-0.1, -0.05) is 30.8 Å². The Morgan fingerprint density at radius 2 is 2.11 bits per heavy atom. The molecule has 0 spiro atoms. The number of carbonyl (C=O) groups is 1. The predicted octanol–water partition coefficient (Wildman–Crippen LogP) is 1.98. The van der Waals surface area contributed by atoms with Gasteiger partial charge in [0.1, 0.15) is 5.82 Å². The maximum Gasteiger partial charge on any atom is 0.219 e. The topological polar surface area (TPSA) is 58.4 Å². The zero-order valence-electron chi connectivity index (χ0n) is 10.5. The van der Waals surface area contributed by atoms with Crippen LogP contribution in [-0.4, -0.2) is 11.4 Å². The van der Waals surface area contributed by atoms with Crippen LogP contribution in [0.15, 0.2) is 35.5 Å². The highest BCUT2D eigenvalue weighted by molar-refractivity contribution is 8.03. The Morgan fingerprint density at radius 1 is 1.44 bits per heavy atom. The Kier molecular flexibility index (Phi) is 3.81. The normalized spacial score (nSPS) is 18.7. The van der Waals surface area contributed by atoms with E-state index in [1.165, 1.54) is 24.2 Å². The standard InChI is InChI=1S/C13H17N3OS/c1-3-10-4-6-11(7-5-10)16-12(14)8-18-13(16)15-9(2)17/h4-8,13H,3,14H2,1-2H3,(H,15,17). The van der Waals surface area contributed by atoms with E-state index in [0.717, 1.165) is 12.1 Å². The van der Waals surface area contributed by atoms with Crippen LogP contribution in [0.5, 0.6) is 0 Å². The molecule has 5 heteroatoms. The summed E-state index contributed by atoms with van der Waals surface area (Å²) in [5.41, 5.74) is 8.08. The molecule has 0 saturated heterocycles. The van der Waals surface area contributed by atoms with E-state index in [4.69, 9.17) is 5.73 Å². The average Bonchev–Trinajstić information content (AvgIpc) is 2.70. The van der Waals surface area contributed by atoms with Crippen molar-refractivity contribution in [3.05, 3.63) is 41.1 Å². The summed E-state index contributed by atoms with van der Waals surface area (Å²) in [6.45, 7) is 3.63. The van der Waals surface area contributed by atoms with Gasteiger partial charge >= 0.3 is 0 Å². The smallest absolute Gasteiger partial charge is 0.219 e. The largest absolute Gasteiger partial charge is 0.385 e. The van der Waals surface area contributed by atoms with E-state index < -0.39 is 0 Å². The molecular formula is C13H17N3OS. The molecule has 1 unspecified atom stereocenters. The maximum absolute atomic E-state index is 11.2. The van der Waals surface area contributed by atoms with Crippen LogP contribution in [0.2, 0.25) is 0 Å². The van der Waals surface area contributed by atoms with E-state index >= 15 is 0 Å². The minimum Gasteiger partial charge on any atom is -0.385 e. The second kappa shape index (κ2) is 5.35. The minimum absolute atomic E-state index is 0.0641. The van der Waals surface area contributed by atoms with E-state index in [1.807, 2.05) is 22.4 Å². The molecule has 1 aromatic rings. The number of nitrogens with two attached hydrogens (primary N) is 1. The molecule has 1 aromatic carbocycles. The summed E-state index contributed by atoms with van der Waals surface area (Å²) >= 11 is 1.50. The Balaban J connectivity index is 2.22. The first-order valence-corrected chi connectivity index (χ1v) is 6.82. The van der Waals surface area contributed by atoms with Crippen molar-refractivity contribution in [1.82, 2.24) is 5.32 Å². The third-order valence-electron chi connectivity index (χ3n) is 2.78. The van der Waals surface area contributed by atoms with Crippen molar-refractivity contribution in [1.29, 1.82) is 0 Å². The lowest BCUT2D eigenvalue weighted by molar-refractivity contribution is -0.119. The van der Waals surface area contributed by atoms with Crippen molar-refractivity contribution < 1.29 is 4.79 Å². The molecule has 2 rings (SSSR count). The Labute approximate surface area is 111 Å². The highest BCUT2D eigenvalue weighted by Gasteiger charge is 2.27. The van der Waals surface area contributed by atoms with Crippen LogP contribution in [0.4, 0.5) is 5.69 Å². The fourth-order valence-electron chi connectivity index (χ4n) is 1.84. The number of amides is 1. The van der Waals surface area contributed by atoms with Crippen LogP contribution in [0.25, 0.3) is 0 Å². The molecular weight excluding hydrogens is 246 g/mol. The van der Waals surface area contributed by atoms with Crippen LogP contribution in [0, 0.1) is 0 Å². The molecule has 0 bridgehead atoms. The zero-order chi connectivity index (χ0) is 13.1. The Bertz CT molecular complexity index is 470. The second-order valence-corrected chi connectivity index (χ2v) is 5.08. The van der Waals surface area contributed by atoms with Crippen LogP contribution in [-0.2, 0) is 11.2 Å². The molecule has 0 aromatic heterocycles. The fraction of sp³-hybridized carbons (Fsp3) is 0.308. The van der Waals surface area contributed by atoms with Crippen LogP contribution in [0.3, 0.4) is 0 Å². The number of benzene rings is 1. The molecule has 0 fully saturated rings. The zero-order valence-corrected chi connectivity index (χ0v) is 11.3. The van der Waals surface area contributed by atoms with Crippen molar-refractivity contribution in [2.24, 2.45) is 5.73 Å². The molecule has 0 radical (unpaired) electrons. The van der Waals surface area contributed by atoms with Gasteiger partial charge in [-0.2, -0.15) is 0 Å². The van der Waals surface area contributed by atoms with Crippen molar-refractivity contribution in [2.75, 3.05) is 4.90 Å². The van der Waals surface area contributed by atoms with Gasteiger partial charge in [-0.25, -0.2) is 0 Å². The predicted molar refractivity (Wildman–Crippen MR) is 75.8 cm³/mol. The van der Waals surface area contributed by atoms with Crippen molar-refractivity contribution >= 4 is 23.4 Å². The van der Waals surface area contributed by atoms with E-state index in [9.17, 15) is 4.79 Å². The number of nitrogens with zero attached hydrogens (tertiary/aromatic N) is 1. The molecule has 1 amide bonds. The van der Waals surface area contributed by atoms with Gasteiger partial charge in [0.05, 0.1) is 0 Å². The number of hydrogen-bond donors (Lipinski definition) is 2. The van der Waals surface area contributed by atoms with E-state index in [0.29, 0.717) is 5.82 Å². The molecule has 3 N–H and O–H groups in total. The third kappa shape index (κ3) is 2.61. The quantitative estimate of drug-likeness (QED) is 0.875. The monoisotopic (exact) mass is 263 g/mol. The number of thioether (sulfide) groups is 1. The average molecular weight is 263 g/mol. The van der Waals surface area contributed by atoms with Gasteiger partial charge < -0.3 is 11.1 Å². The second-order valence-electron chi connectivity index (χ2n) is 4.12. The Morgan fingerprint density at radius 3 is 2.67 bits per heavy atom. The lowest BCUT2D eigenvalue weighted by atomic mass is 10.1. The summed E-state index contributed by atoms with van der Waals surface area (Å²) in [5, 5.41) is 4.72. The summed E-state index contributed by atoms with van der Waals surface area (Å²) in [7, 11) is 0. The van der Waals surface area contributed by atoms with E-state index in [1.54, 1.807) is 0 Å². The van der Waals surface area contributed by atoms with Gasteiger partial charge in [0.15, 0.2) is 5.50 Å². The highest BCUT2D eigenvalue weighted by atomic mass is 32.2. The van der Waals surface area contributed by atoms with E-state index in [2.05, 4.69) is 24.4 Å². The first-order valence-electron chi connectivity index (χ1n) is 5.88. The number of aryl methyl sites for hydroxylation is 1. The summed E-state index contributed by atoms with van der Waals surface area (Å²) < 4.78 is 0. The Hall–Kier alpha value is -1.62. The molecule has 0 saturated carbocycles. The van der Waals surface area contributed by atoms with Gasteiger partial charge in [0, 0.05) is 18.0 Å². The maximum atomic E-state index is 11.2. The number of rotatable bonds is 3. The third-order valence-corrected chi connectivity index (χ3v) is 3.74. The first kappa shape index (κ1) is 12.8. The van der Waals surface area contributed by atoms with Gasteiger partial charge in [-0.15, -0.1) is 0 Å². The van der Waals surface area contributed by atoms with Gasteiger partial charge in [0.25, 0.3) is 0 Å². The number of nitrogens with one attached hydrogen (secondary N) is 1. The SMILES string of the molecule is CCc1ccc(N2C(N)=CSC2NC(C)=O)cc1. The summed E-state index contributed by atoms with van der Waals surface area (Å²) in [4.78, 5) is 13.1. The van der Waals surface area contributed by atoms with Gasteiger partial charge in [-0.05, 0) is 24.1 Å². The minimum atomic E-state index is -0.157. The van der Waals surface area contributed by atoms with Crippen molar-refractivity contribution in [2.45, 2.75) is 25.8 Å². The summed E-state index contributed by atoms with van der Waals surface area (Å²) in [6, 6.07) is 8.22. The van der Waals surface area contributed by atoms with Crippen molar-refractivity contribution in [3.8, 4) is 0 Å². The highest BCUT2D eigenvalue weighted by Crippen LogP contribution is 2.32. The molecule has 1 heterocycles. The molecule has 96 valence electrons. The molecule has 4 nitrogen and oxygen atoms in total. The van der Waals surface area contributed by atoms with Crippen LogP contribution < -0.4 is 16.0 Å². The lowest BCUT2D eigenvalue weighted by Gasteiger charge is -2.27. The van der Waals surface area contributed by atoms with Crippen molar-refractivity contribution in [3.63, 3.8) is 0 Å². The molecule has 1 aliphatic rings. The molecule has 0 aliphatic carbocycles. The number of hydrogen-bond acceptors (Lipinski definition) is 4. The summed E-state index contributed by atoms with van der Waals surface area (Å²) in [5.74, 6) is 0.591. The van der Waals surface area contributed by atoms with Crippen LogP contribution >= 0.6 is 11.8 Å². The molecule has 1 atom stereocenters.